The number of hydrogen-bond donors (Lipinski definition) is 1. The Morgan fingerprint density at radius 2 is 2.31 bits per heavy atom. The van der Waals surface area contributed by atoms with E-state index in [9.17, 15) is 0 Å². The van der Waals surface area contributed by atoms with E-state index >= 15 is 0 Å². The number of nitrogens with zero attached hydrogens (tertiary/aromatic N) is 5. The fraction of sp³-hybridized carbons (Fsp3) is 0.286. The Morgan fingerprint density at radius 1 is 1.46 bits per heavy atom. The fourth-order valence-electron chi connectivity index (χ4n) is 1.05. The van der Waals surface area contributed by atoms with E-state index in [1.165, 1.54) is 0 Å². The van der Waals surface area contributed by atoms with E-state index in [4.69, 9.17) is 0 Å². The summed E-state index contributed by atoms with van der Waals surface area (Å²) in [6.45, 7) is 0. The summed E-state index contributed by atoms with van der Waals surface area (Å²) in [5.74, 6) is 0.699. The molecule has 0 aliphatic carbocycles. The molecule has 0 fully saturated rings. The third-order valence-electron chi connectivity index (χ3n) is 1.55. The van der Waals surface area contributed by atoms with Gasteiger partial charge in [0, 0.05) is 26.5 Å². The van der Waals surface area contributed by atoms with Gasteiger partial charge >= 0.3 is 0 Å². The van der Waals surface area contributed by atoms with Gasteiger partial charge in [0.2, 0.25) is 5.65 Å². The summed E-state index contributed by atoms with van der Waals surface area (Å²) in [6.07, 6.45) is 5.14. The van der Waals surface area contributed by atoms with Gasteiger partial charge in [-0.2, -0.15) is 0 Å². The molecular weight excluding hydrogens is 168 g/mol. The molecule has 2 rings (SSSR count). The lowest BCUT2D eigenvalue weighted by molar-refractivity contribution is 0.492. The maximum absolute atomic E-state index is 4.14. The quantitative estimate of drug-likeness (QED) is 0.656. The van der Waals surface area contributed by atoms with Crippen LogP contribution in [0.25, 0.3) is 5.65 Å². The van der Waals surface area contributed by atoms with Crippen LogP contribution in [0.3, 0.4) is 0 Å². The number of hydrazine groups is 1. The van der Waals surface area contributed by atoms with Gasteiger partial charge in [-0.25, -0.2) is 9.99 Å². The molecule has 2 heterocycles. The minimum absolute atomic E-state index is 0.699. The van der Waals surface area contributed by atoms with Gasteiger partial charge < -0.3 is 5.43 Å². The summed E-state index contributed by atoms with van der Waals surface area (Å²) in [7, 11) is 3.78. The van der Waals surface area contributed by atoms with Gasteiger partial charge in [0.05, 0.1) is 0 Å². The highest BCUT2D eigenvalue weighted by Crippen LogP contribution is 2.08. The van der Waals surface area contributed by atoms with E-state index in [2.05, 4.69) is 20.6 Å². The molecule has 2 aromatic heterocycles. The van der Waals surface area contributed by atoms with Crippen molar-refractivity contribution in [3.63, 3.8) is 0 Å². The molecule has 6 heteroatoms. The molecule has 0 spiro atoms. The number of rotatable bonds is 2. The summed E-state index contributed by atoms with van der Waals surface area (Å²) in [4.78, 5) is 4.14. The predicted octanol–water partition coefficient (Wildman–Crippen LogP) is 0.0128. The summed E-state index contributed by atoms with van der Waals surface area (Å²) in [5, 5.41) is 9.52. The van der Waals surface area contributed by atoms with Gasteiger partial charge in [0.25, 0.3) is 0 Å². The molecule has 0 unspecified atom stereocenters. The molecule has 2 aromatic rings. The molecule has 1 N–H and O–H groups in total. The van der Waals surface area contributed by atoms with Crippen molar-refractivity contribution in [3.8, 4) is 0 Å². The fourth-order valence-corrected chi connectivity index (χ4v) is 1.05. The van der Waals surface area contributed by atoms with Crippen LogP contribution in [0.4, 0.5) is 5.82 Å². The second-order valence-corrected chi connectivity index (χ2v) is 2.84. The van der Waals surface area contributed by atoms with Crippen LogP contribution in [0.15, 0.2) is 18.7 Å². The monoisotopic (exact) mass is 178 g/mol. The van der Waals surface area contributed by atoms with E-state index in [0.29, 0.717) is 5.82 Å². The van der Waals surface area contributed by atoms with Gasteiger partial charge in [-0.15, -0.1) is 10.2 Å². The molecule has 0 amide bonds. The average molecular weight is 178 g/mol. The molecule has 6 nitrogen and oxygen atoms in total. The maximum atomic E-state index is 4.14. The van der Waals surface area contributed by atoms with Crippen LogP contribution in [-0.2, 0) is 0 Å². The molecule has 0 aromatic carbocycles. The first-order valence-corrected chi connectivity index (χ1v) is 3.85. The predicted molar refractivity (Wildman–Crippen MR) is 48.1 cm³/mol. The molecule has 0 atom stereocenters. The third kappa shape index (κ3) is 1.43. The number of anilines is 1. The van der Waals surface area contributed by atoms with Crippen molar-refractivity contribution in [3.05, 3.63) is 18.7 Å². The van der Waals surface area contributed by atoms with Crippen molar-refractivity contribution < 1.29 is 0 Å². The van der Waals surface area contributed by atoms with Crippen molar-refractivity contribution >= 4 is 11.5 Å². The summed E-state index contributed by atoms with van der Waals surface area (Å²) >= 11 is 0. The molecule has 0 aliphatic rings. The molecule has 68 valence electrons. The van der Waals surface area contributed by atoms with Crippen LogP contribution in [0, 0.1) is 0 Å². The van der Waals surface area contributed by atoms with Crippen molar-refractivity contribution in [2.24, 2.45) is 0 Å². The van der Waals surface area contributed by atoms with Crippen molar-refractivity contribution in [1.82, 2.24) is 24.6 Å². The normalized spacial score (nSPS) is 11.0. The second-order valence-electron chi connectivity index (χ2n) is 2.84. The van der Waals surface area contributed by atoms with Crippen molar-refractivity contribution in [2.45, 2.75) is 0 Å². The lowest BCUT2D eigenvalue weighted by atomic mass is 10.6. The Kier molecular flexibility index (Phi) is 1.82. The largest absolute Gasteiger partial charge is 0.300 e. The molecule has 13 heavy (non-hydrogen) atoms. The summed E-state index contributed by atoms with van der Waals surface area (Å²) in [6, 6.07) is 0. The third-order valence-corrected chi connectivity index (χ3v) is 1.55. The first-order valence-electron chi connectivity index (χ1n) is 3.85. The van der Waals surface area contributed by atoms with Gasteiger partial charge in [-0.3, -0.25) is 4.40 Å². The molecule has 0 saturated carbocycles. The minimum Gasteiger partial charge on any atom is -0.300 e. The zero-order valence-electron chi connectivity index (χ0n) is 7.47. The Labute approximate surface area is 75.2 Å². The Balaban J connectivity index is 2.48. The second kappa shape index (κ2) is 2.98. The minimum atomic E-state index is 0.699. The first-order chi connectivity index (χ1) is 6.27. The molecule has 0 saturated heterocycles. The topological polar surface area (TPSA) is 58.4 Å². The Bertz CT molecular complexity index is 406. The summed E-state index contributed by atoms with van der Waals surface area (Å²) in [5.41, 5.74) is 3.75. The van der Waals surface area contributed by atoms with Crippen LogP contribution in [-0.4, -0.2) is 38.7 Å². The Hall–Kier alpha value is -1.69. The summed E-state index contributed by atoms with van der Waals surface area (Å²) < 4.78 is 1.80. The zero-order valence-corrected chi connectivity index (χ0v) is 7.47. The highest BCUT2D eigenvalue weighted by molar-refractivity contribution is 5.60. The van der Waals surface area contributed by atoms with Gasteiger partial charge in [0.1, 0.15) is 6.33 Å². The van der Waals surface area contributed by atoms with E-state index < -0.39 is 0 Å². The van der Waals surface area contributed by atoms with Crippen molar-refractivity contribution in [2.75, 3.05) is 19.5 Å². The van der Waals surface area contributed by atoms with Gasteiger partial charge in [-0.1, -0.05) is 0 Å². The van der Waals surface area contributed by atoms with Gasteiger partial charge in [0.15, 0.2) is 5.82 Å². The number of fused-ring (bicyclic) bond motifs is 1. The Morgan fingerprint density at radius 3 is 3.08 bits per heavy atom. The number of hydrogen-bond acceptors (Lipinski definition) is 5. The number of aromatic nitrogens is 4. The zero-order chi connectivity index (χ0) is 9.26. The smallest absolute Gasteiger partial charge is 0.204 e. The number of nitrogens with one attached hydrogen (secondary N) is 1. The highest BCUT2D eigenvalue weighted by atomic mass is 15.5. The average Bonchev–Trinajstić information content (AvgIpc) is 2.51. The SMILES string of the molecule is CN(C)Nc1nccn2cnnc12. The standard InChI is InChI=1S/C7H10N6/c1-12(2)11-6-7-10-9-5-13(7)4-3-8-6/h3-5H,1-2H3,(H,8,11). The van der Waals surface area contributed by atoms with Crippen molar-refractivity contribution in [1.29, 1.82) is 0 Å². The van der Waals surface area contributed by atoms with E-state index in [0.717, 1.165) is 5.65 Å². The van der Waals surface area contributed by atoms with Crippen LogP contribution in [0.2, 0.25) is 0 Å². The van der Waals surface area contributed by atoms with E-state index in [-0.39, 0.29) is 0 Å². The van der Waals surface area contributed by atoms with Gasteiger partial charge in [-0.05, 0) is 0 Å². The lowest BCUT2D eigenvalue weighted by Gasteiger charge is -2.11. The first kappa shape index (κ1) is 7.93. The van der Waals surface area contributed by atoms with Crippen LogP contribution in [0.1, 0.15) is 0 Å². The van der Waals surface area contributed by atoms with E-state index in [1.807, 2.05) is 14.1 Å². The molecule has 0 bridgehead atoms. The van der Waals surface area contributed by atoms with E-state index in [1.54, 1.807) is 28.1 Å². The molecule has 0 radical (unpaired) electrons. The van der Waals surface area contributed by atoms with Crippen LogP contribution in [0.5, 0.6) is 0 Å². The van der Waals surface area contributed by atoms with Crippen LogP contribution >= 0.6 is 0 Å². The highest BCUT2D eigenvalue weighted by Gasteiger charge is 2.03. The molecule has 0 aliphatic heterocycles. The molecular formula is C7H10N6. The van der Waals surface area contributed by atoms with Crippen LogP contribution < -0.4 is 5.43 Å². The lowest BCUT2D eigenvalue weighted by Crippen LogP contribution is -2.20. The maximum Gasteiger partial charge on any atom is 0.204 e.